The minimum Gasteiger partial charge on any atom is -0.397 e. The Kier molecular flexibility index (Phi) is 3.95. The first-order chi connectivity index (χ1) is 6.99. The van der Waals surface area contributed by atoms with E-state index in [1.165, 1.54) is 0 Å². The monoisotopic (exact) mass is 207 g/mol. The summed E-state index contributed by atoms with van der Waals surface area (Å²) in [5, 5.41) is 3.37. The summed E-state index contributed by atoms with van der Waals surface area (Å²) in [6.45, 7) is 8.54. The number of hydrogen-bond donors (Lipinski definition) is 2. The number of aromatic nitrogens is 1. The van der Waals surface area contributed by atoms with Gasteiger partial charge in [-0.3, -0.25) is 0 Å². The van der Waals surface area contributed by atoms with Crippen LogP contribution in [-0.2, 0) is 0 Å². The van der Waals surface area contributed by atoms with E-state index in [1.54, 1.807) is 0 Å². The minimum absolute atomic E-state index is 0.445. The van der Waals surface area contributed by atoms with Crippen molar-refractivity contribution in [3.63, 3.8) is 0 Å². The molecule has 1 heterocycles. The second-order valence-electron chi connectivity index (χ2n) is 4.55. The van der Waals surface area contributed by atoms with E-state index in [-0.39, 0.29) is 0 Å². The van der Waals surface area contributed by atoms with Gasteiger partial charge in [0.25, 0.3) is 0 Å². The Bertz CT molecular complexity index is 321. The van der Waals surface area contributed by atoms with Gasteiger partial charge in [-0.25, -0.2) is 4.98 Å². The molecule has 1 unspecified atom stereocenters. The van der Waals surface area contributed by atoms with Crippen molar-refractivity contribution >= 4 is 11.5 Å². The normalized spacial score (nSPS) is 12.9. The number of rotatable bonds is 4. The lowest BCUT2D eigenvalue weighted by Gasteiger charge is -2.17. The second-order valence-corrected chi connectivity index (χ2v) is 4.55. The number of anilines is 2. The number of nitrogens with two attached hydrogens (primary N) is 1. The Labute approximate surface area is 92.1 Å². The Morgan fingerprint density at radius 1 is 1.33 bits per heavy atom. The largest absolute Gasteiger partial charge is 0.397 e. The van der Waals surface area contributed by atoms with Crippen LogP contribution in [0.4, 0.5) is 11.5 Å². The number of nitrogen functional groups attached to an aromatic ring is 1. The van der Waals surface area contributed by atoms with Gasteiger partial charge in [-0.2, -0.15) is 0 Å². The highest BCUT2D eigenvalue weighted by Gasteiger charge is 2.06. The molecule has 0 aliphatic rings. The summed E-state index contributed by atoms with van der Waals surface area (Å²) in [5.41, 5.74) is 7.34. The molecule has 0 fully saturated rings. The molecule has 3 nitrogen and oxygen atoms in total. The fourth-order valence-electron chi connectivity index (χ4n) is 1.67. The molecule has 0 saturated carbocycles. The lowest BCUT2D eigenvalue weighted by molar-refractivity contribution is 0.539. The molecular formula is C12H21N3. The van der Waals surface area contributed by atoms with E-state index >= 15 is 0 Å². The molecule has 3 heteroatoms. The van der Waals surface area contributed by atoms with Crippen molar-refractivity contribution in [1.82, 2.24) is 4.98 Å². The Morgan fingerprint density at radius 3 is 2.53 bits per heavy atom. The van der Waals surface area contributed by atoms with Crippen molar-refractivity contribution in [2.75, 3.05) is 11.1 Å². The van der Waals surface area contributed by atoms with Crippen LogP contribution in [0.3, 0.4) is 0 Å². The first kappa shape index (κ1) is 11.8. The number of hydrogen-bond acceptors (Lipinski definition) is 3. The van der Waals surface area contributed by atoms with Crippen molar-refractivity contribution in [2.24, 2.45) is 5.92 Å². The van der Waals surface area contributed by atoms with Gasteiger partial charge in [-0.1, -0.05) is 13.8 Å². The zero-order chi connectivity index (χ0) is 11.4. The van der Waals surface area contributed by atoms with E-state index in [4.69, 9.17) is 5.73 Å². The lowest BCUT2D eigenvalue weighted by atomic mass is 10.1. The molecule has 84 valence electrons. The van der Waals surface area contributed by atoms with Gasteiger partial charge in [0.15, 0.2) is 0 Å². The summed E-state index contributed by atoms with van der Waals surface area (Å²) in [6.07, 6.45) is 1.14. The van der Waals surface area contributed by atoms with E-state index in [0.717, 1.165) is 23.6 Å². The van der Waals surface area contributed by atoms with Crippen LogP contribution in [0.2, 0.25) is 0 Å². The van der Waals surface area contributed by atoms with Gasteiger partial charge >= 0.3 is 0 Å². The molecule has 1 atom stereocenters. The summed E-state index contributed by atoms with van der Waals surface area (Å²) >= 11 is 0. The van der Waals surface area contributed by atoms with Crippen molar-refractivity contribution in [3.8, 4) is 0 Å². The molecule has 3 N–H and O–H groups in total. The van der Waals surface area contributed by atoms with Gasteiger partial charge in [-0.05, 0) is 38.3 Å². The van der Waals surface area contributed by atoms with Crippen LogP contribution in [0.15, 0.2) is 12.1 Å². The molecule has 0 spiro atoms. The van der Waals surface area contributed by atoms with E-state index in [1.807, 2.05) is 19.1 Å². The molecule has 0 radical (unpaired) electrons. The van der Waals surface area contributed by atoms with E-state index in [2.05, 4.69) is 31.1 Å². The molecule has 0 aromatic carbocycles. The smallest absolute Gasteiger partial charge is 0.126 e. The summed E-state index contributed by atoms with van der Waals surface area (Å²) in [4.78, 5) is 4.38. The van der Waals surface area contributed by atoms with Crippen molar-refractivity contribution in [2.45, 2.75) is 40.2 Å². The SMILES string of the molecule is Cc1nc(NC(C)CC(C)C)ccc1N. The van der Waals surface area contributed by atoms with Gasteiger partial charge in [0, 0.05) is 6.04 Å². The number of nitrogens with one attached hydrogen (secondary N) is 1. The zero-order valence-electron chi connectivity index (χ0n) is 10.0. The summed E-state index contributed by atoms with van der Waals surface area (Å²) in [7, 11) is 0. The van der Waals surface area contributed by atoms with Crippen molar-refractivity contribution in [1.29, 1.82) is 0 Å². The van der Waals surface area contributed by atoms with Gasteiger partial charge < -0.3 is 11.1 Å². The highest BCUT2D eigenvalue weighted by Crippen LogP contribution is 2.14. The maximum atomic E-state index is 5.71. The van der Waals surface area contributed by atoms with Crippen LogP contribution in [0.1, 0.15) is 32.9 Å². The topological polar surface area (TPSA) is 50.9 Å². The predicted octanol–water partition coefficient (Wildman–Crippen LogP) is 2.82. The fourth-order valence-corrected chi connectivity index (χ4v) is 1.67. The first-order valence-electron chi connectivity index (χ1n) is 5.48. The molecule has 0 amide bonds. The molecular weight excluding hydrogens is 186 g/mol. The van der Waals surface area contributed by atoms with E-state index in [9.17, 15) is 0 Å². The standard InChI is InChI=1S/C12H21N3/c1-8(2)7-9(3)14-12-6-5-11(13)10(4)15-12/h5-6,8-9H,7,13H2,1-4H3,(H,14,15). The number of nitrogens with zero attached hydrogens (tertiary/aromatic N) is 1. The zero-order valence-corrected chi connectivity index (χ0v) is 10.0. The highest BCUT2D eigenvalue weighted by atomic mass is 15.0. The average Bonchev–Trinajstić information content (AvgIpc) is 2.10. The third-order valence-electron chi connectivity index (χ3n) is 2.35. The number of pyridine rings is 1. The molecule has 0 bridgehead atoms. The van der Waals surface area contributed by atoms with Crippen molar-refractivity contribution in [3.05, 3.63) is 17.8 Å². The van der Waals surface area contributed by atoms with Crippen LogP contribution in [0.25, 0.3) is 0 Å². The molecule has 1 aromatic heterocycles. The quantitative estimate of drug-likeness (QED) is 0.798. The third-order valence-corrected chi connectivity index (χ3v) is 2.35. The van der Waals surface area contributed by atoms with Gasteiger partial charge in [-0.15, -0.1) is 0 Å². The molecule has 0 aliphatic heterocycles. The molecule has 0 aliphatic carbocycles. The van der Waals surface area contributed by atoms with Gasteiger partial charge in [0.1, 0.15) is 5.82 Å². The summed E-state index contributed by atoms with van der Waals surface area (Å²) in [6, 6.07) is 4.27. The summed E-state index contributed by atoms with van der Waals surface area (Å²) in [5.74, 6) is 1.61. The minimum atomic E-state index is 0.445. The van der Waals surface area contributed by atoms with Gasteiger partial charge in [0.2, 0.25) is 0 Å². The van der Waals surface area contributed by atoms with Crippen LogP contribution in [-0.4, -0.2) is 11.0 Å². The fraction of sp³-hybridized carbons (Fsp3) is 0.583. The van der Waals surface area contributed by atoms with Crippen LogP contribution in [0, 0.1) is 12.8 Å². The first-order valence-corrected chi connectivity index (χ1v) is 5.48. The van der Waals surface area contributed by atoms with Crippen molar-refractivity contribution < 1.29 is 0 Å². The highest BCUT2D eigenvalue weighted by molar-refractivity contribution is 5.49. The second kappa shape index (κ2) is 5.01. The summed E-state index contributed by atoms with van der Waals surface area (Å²) < 4.78 is 0. The predicted molar refractivity (Wildman–Crippen MR) is 65.9 cm³/mol. The molecule has 15 heavy (non-hydrogen) atoms. The molecule has 1 aromatic rings. The van der Waals surface area contributed by atoms with Crippen LogP contribution >= 0.6 is 0 Å². The molecule has 0 saturated heterocycles. The van der Waals surface area contributed by atoms with Crippen LogP contribution in [0.5, 0.6) is 0 Å². The van der Waals surface area contributed by atoms with E-state index in [0.29, 0.717) is 12.0 Å². The Morgan fingerprint density at radius 2 is 2.00 bits per heavy atom. The Hall–Kier alpha value is -1.25. The Balaban J connectivity index is 2.60. The third kappa shape index (κ3) is 3.78. The van der Waals surface area contributed by atoms with Crippen LogP contribution < -0.4 is 11.1 Å². The maximum absolute atomic E-state index is 5.71. The maximum Gasteiger partial charge on any atom is 0.126 e. The number of aryl methyl sites for hydroxylation is 1. The van der Waals surface area contributed by atoms with Gasteiger partial charge in [0.05, 0.1) is 11.4 Å². The average molecular weight is 207 g/mol. The molecule has 1 rings (SSSR count). The lowest BCUT2D eigenvalue weighted by Crippen LogP contribution is -2.18. The van der Waals surface area contributed by atoms with E-state index < -0.39 is 0 Å².